The number of hydrogen-bond acceptors (Lipinski definition) is 23. The van der Waals surface area contributed by atoms with E-state index >= 15 is 0 Å². The molecule has 2 aliphatic carbocycles. The lowest BCUT2D eigenvalue weighted by Crippen LogP contribution is -2.41. The molecule has 8 aromatic carbocycles. The molecule has 0 radical (unpaired) electrons. The summed E-state index contributed by atoms with van der Waals surface area (Å²) in [5.41, 5.74) is 12.3. The molecule has 0 saturated heterocycles. The van der Waals surface area contributed by atoms with Crippen molar-refractivity contribution >= 4 is 127 Å². The molecule has 3 amide bonds. The smallest absolute Gasteiger partial charge is 0.253 e. The van der Waals surface area contributed by atoms with Crippen molar-refractivity contribution in [2.75, 3.05) is 194 Å². The van der Waals surface area contributed by atoms with Crippen LogP contribution in [0.4, 0.5) is 62.7 Å². The van der Waals surface area contributed by atoms with Crippen molar-refractivity contribution in [3.63, 3.8) is 0 Å². The van der Waals surface area contributed by atoms with E-state index in [1.165, 1.54) is 32.6 Å². The summed E-state index contributed by atoms with van der Waals surface area (Å²) in [6, 6.07) is 63.5. The highest BCUT2D eigenvalue weighted by molar-refractivity contribution is 7.93. The van der Waals surface area contributed by atoms with E-state index in [1.807, 2.05) is 214 Å². The molecule has 10 aromatic rings. The number of rotatable bonds is 28. The third-order valence-electron chi connectivity index (χ3n) is 18.5. The SMILES string of the molecule is CCC(=O)c1cccc(NC)c1.CCNS(=O)(=O)c1cccc(NC)c1.CCS(=O)(=O)N(CC(=O)N(C)C)c1cccc(NC)c1.CNc1cc(C2CC2)nn1C.CNc1cccc(-c2ncnn2C)c1.CNc1cccc(C(=O)N(C)C)c1.CNc1cccc(N(CC(=O)N(C)C)S(=O)(=O)C2CC2)c1.CNc1cccc(S(C)=O)c1.CNc1ccccc1. The molecule has 124 heavy (non-hydrogen) atoms. The Hall–Kier alpha value is -12.1. The van der Waals surface area contributed by atoms with Crippen LogP contribution in [0.1, 0.15) is 85.2 Å². The van der Waals surface area contributed by atoms with E-state index in [2.05, 4.69) is 73.8 Å². The molecular formula is C89H128N20O11S4. The standard InChI is InChI=1S/C14H21N3O3S.C13H21N3O3S.C10H12N4.C10H14N2O.C10H13NO.C9H14N2O2S.C8H13N3.C8H11NOS.C7H9N/c1-15-11-5-4-6-12(9-11)17(10-14(18)16(2)3)21(19,20)13-7-8-13;1-5-20(18,19)16(10-13(17)15(3)4)12-8-6-7-11(9-12)14-2;1-11-9-5-3-4-8(6-9)10-12-7-13-14(10)2;1-11-9-6-4-5-8(7-9)10(13)12(2)3;1-3-10(12)8-5-4-6-9(7-8)11-2;1-3-11-14(12,13)9-6-4-5-8(7-9)10-2;1-9-8-5-7(6-3-4-6)10-11(8)2;1-9-7-4-3-5-8(6-7)11(2)10;1-8-7-5-3-2-4-6-7/h4-6,9,13,15H,7-8,10H2,1-3H3;6-9,14H,5,10H2,1-4H3;3-7,11H,1-2H3;4-7,11H,1-3H3;4-7,11H,3H2,1-2H3;4-7,10-11H,3H2,1-2H3;5-6,9H,3-4H2,1-2H3;3-6,9H,1-2H3;2-6,8H,1H3. The molecular weight excluding hydrogens is 1650 g/mol. The van der Waals surface area contributed by atoms with Gasteiger partial charge in [0.15, 0.2) is 11.6 Å². The summed E-state index contributed by atoms with van der Waals surface area (Å²) >= 11 is 0. The molecule has 10 N–H and O–H groups in total. The van der Waals surface area contributed by atoms with Gasteiger partial charge in [0.05, 0.1) is 33.0 Å². The minimum Gasteiger partial charge on any atom is -0.388 e. The zero-order valence-electron chi connectivity index (χ0n) is 75.3. The Bertz CT molecular complexity index is 5340. The highest BCUT2D eigenvalue weighted by Crippen LogP contribution is 2.40. The van der Waals surface area contributed by atoms with E-state index in [1.54, 1.807) is 154 Å². The number of anilines is 11. The van der Waals surface area contributed by atoms with Crippen molar-refractivity contribution in [3.8, 4) is 11.4 Å². The minimum absolute atomic E-state index is 0.0251. The first-order chi connectivity index (χ1) is 59.0. The summed E-state index contributed by atoms with van der Waals surface area (Å²) in [7, 11) is 19.1. The topological polar surface area (TPSA) is 373 Å². The molecule has 1 atom stereocenters. The van der Waals surface area contributed by atoms with Crippen LogP contribution < -0.4 is 61.2 Å². The number of Topliss-reactive ketones (excluding diaryl/α,β-unsaturated/α-hetero) is 1. The number of para-hydroxylation sites is 1. The number of nitrogens with zero attached hydrogens (tertiary/aromatic N) is 10. The van der Waals surface area contributed by atoms with Crippen LogP contribution >= 0.6 is 0 Å². The molecule has 2 aliphatic rings. The number of ketones is 1. The number of benzene rings is 8. The maximum Gasteiger partial charge on any atom is 0.253 e. The van der Waals surface area contributed by atoms with E-state index in [4.69, 9.17) is 0 Å². The van der Waals surface area contributed by atoms with Crippen molar-refractivity contribution < 1.29 is 48.6 Å². The molecule has 2 saturated carbocycles. The number of aryl methyl sites for hydroxylation is 2. The maximum atomic E-state index is 12.6. The number of carbonyl (C=O) groups is 4. The van der Waals surface area contributed by atoms with Gasteiger partial charge in [-0.25, -0.2) is 39.6 Å². The Morgan fingerprint density at radius 1 is 0.460 bits per heavy atom. The minimum atomic E-state index is -3.51. The molecule has 12 rings (SSSR count). The molecule has 2 fully saturated rings. The van der Waals surface area contributed by atoms with Gasteiger partial charge < -0.3 is 62.6 Å². The summed E-state index contributed by atoms with van der Waals surface area (Å²) in [5.74, 6) is 2.38. The van der Waals surface area contributed by atoms with Crippen LogP contribution in [0.5, 0.6) is 0 Å². The Morgan fingerprint density at radius 2 is 0.895 bits per heavy atom. The van der Waals surface area contributed by atoms with E-state index in [0.717, 1.165) is 83.4 Å². The van der Waals surface area contributed by atoms with Gasteiger partial charge in [-0.3, -0.25) is 36.7 Å². The van der Waals surface area contributed by atoms with Crippen molar-refractivity contribution in [1.29, 1.82) is 0 Å². The van der Waals surface area contributed by atoms with Gasteiger partial charge in [-0.05, 0) is 160 Å². The number of likely N-dealkylation sites (N-methyl/N-ethyl adjacent to an activating group) is 2. The van der Waals surface area contributed by atoms with Gasteiger partial charge in [-0.15, -0.1) is 0 Å². The van der Waals surface area contributed by atoms with Gasteiger partial charge in [-0.1, -0.05) is 86.6 Å². The molecule has 35 heteroatoms. The number of amides is 3. The number of nitrogens with one attached hydrogen (secondary N) is 10. The molecule has 674 valence electrons. The zero-order chi connectivity index (χ0) is 92.3. The highest BCUT2D eigenvalue weighted by Gasteiger charge is 2.41. The Morgan fingerprint density at radius 3 is 1.32 bits per heavy atom. The predicted octanol–water partition coefficient (Wildman–Crippen LogP) is 12.9. The van der Waals surface area contributed by atoms with Crippen LogP contribution in [0.3, 0.4) is 0 Å². The van der Waals surface area contributed by atoms with Gasteiger partial charge >= 0.3 is 0 Å². The lowest BCUT2D eigenvalue weighted by atomic mass is 10.1. The van der Waals surface area contributed by atoms with E-state index in [-0.39, 0.29) is 52.5 Å². The Labute approximate surface area is 737 Å². The first-order valence-corrected chi connectivity index (χ1v) is 46.4. The van der Waals surface area contributed by atoms with Gasteiger partial charge in [-0.2, -0.15) is 10.2 Å². The van der Waals surface area contributed by atoms with Crippen molar-refractivity contribution in [2.45, 2.75) is 73.8 Å². The largest absolute Gasteiger partial charge is 0.388 e. The summed E-state index contributed by atoms with van der Waals surface area (Å²) in [6.07, 6.45) is 7.77. The predicted molar refractivity (Wildman–Crippen MR) is 512 cm³/mol. The average molecular weight is 1780 g/mol. The van der Waals surface area contributed by atoms with Crippen molar-refractivity contribution in [2.24, 2.45) is 14.1 Å². The van der Waals surface area contributed by atoms with Crippen LogP contribution in [0.25, 0.3) is 11.4 Å². The first-order valence-electron chi connectivity index (χ1n) is 40.2. The molecule has 31 nitrogen and oxygen atoms in total. The quantitative estimate of drug-likeness (QED) is 0.0204. The maximum absolute atomic E-state index is 12.6. The summed E-state index contributed by atoms with van der Waals surface area (Å²) in [5, 5.41) is 35.1. The fraction of sp³-hybridized carbons (Fsp3) is 0.360. The zero-order valence-corrected chi connectivity index (χ0v) is 78.6. The van der Waals surface area contributed by atoms with Crippen LogP contribution in [-0.4, -0.2) is 235 Å². The van der Waals surface area contributed by atoms with E-state index in [9.17, 15) is 48.6 Å². The van der Waals surface area contributed by atoms with E-state index < -0.39 is 40.9 Å². The molecule has 0 spiro atoms. The normalized spacial score (nSPS) is 11.8. The Kier molecular flexibility index (Phi) is 44.7. The first kappa shape index (κ1) is 104. The van der Waals surface area contributed by atoms with Crippen LogP contribution in [0, 0.1) is 0 Å². The lowest BCUT2D eigenvalue weighted by molar-refractivity contribution is -0.127. The average Bonchev–Trinajstić information content (AvgIpc) is 1.59. The molecule has 1 unspecified atom stereocenters. The monoisotopic (exact) mass is 1780 g/mol. The van der Waals surface area contributed by atoms with Gasteiger partial charge in [0.25, 0.3) is 5.91 Å². The second-order valence-corrected chi connectivity index (χ2v) is 35.7. The van der Waals surface area contributed by atoms with E-state index in [0.29, 0.717) is 42.7 Å². The lowest BCUT2D eigenvalue weighted by Gasteiger charge is -2.25. The van der Waals surface area contributed by atoms with Gasteiger partial charge in [0.2, 0.25) is 41.9 Å². The van der Waals surface area contributed by atoms with Crippen LogP contribution in [-0.2, 0) is 64.6 Å². The summed E-state index contributed by atoms with van der Waals surface area (Å²) < 4.78 is 92.1. The van der Waals surface area contributed by atoms with Crippen LogP contribution in [0.15, 0.2) is 222 Å². The fourth-order valence-corrected chi connectivity index (χ4v) is 15.4. The molecule has 2 heterocycles. The summed E-state index contributed by atoms with van der Waals surface area (Å²) in [4.78, 5) is 56.3. The number of hydrogen-bond donors (Lipinski definition) is 10. The second-order valence-electron chi connectivity index (χ2n) is 28.2. The third-order valence-corrected chi connectivity index (χ3v) is 25.0. The summed E-state index contributed by atoms with van der Waals surface area (Å²) in [6.45, 7) is 5.21. The number of carbonyl (C=O) groups excluding carboxylic acids is 4. The number of sulfonamides is 3. The second kappa shape index (κ2) is 53.1. The molecule has 2 aromatic heterocycles. The fourth-order valence-electron chi connectivity index (χ4n) is 10.9. The van der Waals surface area contributed by atoms with Crippen LogP contribution in [0.2, 0.25) is 0 Å². The van der Waals surface area contributed by atoms with Crippen molar-refractivity contribution in [1.82, 2.24) is 44.0 Å². The third kappa shape index (κ3) is 35.1. The molecule has 0 bridgehead atoms. The van der Waals surface area contributed by atoms with Crippen molar-refractivity contribution in [3.05, 3.63) is 229 Å². The van der Waals surface area contributed by atoms with Gasteiger partial charge in [0.1, 0.15) is 25.2 Å². The Balaban J connectivity index is 0.000000296. The molecule has 0 aliphatic heterocycles. The number of aromatic nitrogens is 5. The highest BCUT2D eigenvalue weighted by atomic mass is 32.2. The van der Waals surface area contributed by atoms with Gasteiger partial charge in [0, 0.05) is 229 Å².